The van der Waals surface area contributed by atoms with Gasteiger partial charge in [0.25, 0.3) is 5.91 Å². The van der Waals surface area contributed by atoms with Gasteiger partial charge in [0.05, 0.1) is 24.3 Å². The van der Waals surface area contributed by atoms with Gasteiger partial charge in [-0.25, -0.2) is 22.0 Å². The van der Waals surface area contributed by atoms with Crippen LogP contribution in [-0.2, 0) is 29.1 Å². The van der Waals surface area contributed by atoms with Gasteiger partial charge in [0.15, 0.2) is 0 Å². The van der Waals surface area contributed by atoms with Crippen LogP contribution in [-0.4, -0.2) is 106 Å². The van der Waals surface area contributed by atoms with Crippen LogP contribution in [0.4, 0.5) is 13.6 Å². The Kier molecular flexibility index (Phi) is 10.0. The molecule has 19 heteroatoms. The summed E-state index contributed by atoms with van der Waals surface area (Å²) in [4.78, 5) is 57.2. The first-order chi connectivity index (χ1) is 24.5. The molecule has 3 aliphatic carbocycles. The number of rotatable bonds is 12. The SMILES string of the molecule is COc1ccc(-c2nnn([C@@H]3CC(C(=O)N[C@]4(C(=O)NS(=O)(=O)C5CC5)C[C@H]4C(F)F)N(C(=O)[C@@H](NC(=O)OC4CC=CC4)C(C)(C)C)C3)n2)cc1. The van der Waals surface area contributed by atoms with Crippen LogP contribution in [0.3, 0.4) is 0 Å². The topological polar surface area (TPSA) is 204 Å². The molecule has 2 heterocycles. The molecule has 282 valence electrons. The van der Waals surface area contributed by atoms with E-state index in [0.29, 0.717) is 37.0 Å². The lowest BCUT2D eigenvalue weighted by Crippen LogP contribution is -2.60. The highest BCUT2D eigenvalue weighted by Crippen LogP contribution is 2.48. The molecular weight excluding hydrogens is 706 g/mol. The molecule has 16 nitrogen and oxygen atoms in total. The Morgan fingerprint density at radius 1 is 1.06 bits per heavy atom. The number of carbonyl (C=O) groups is 4. The number of tetrazole rings is 1. The summed E-state index contributed by atoms with van der Waals surface area (Å²) in [5, 5.41) is 17.0. The molecule has 1 saturated heterocycles. The molecule has 1 aromatic carbocycles. The number of alkyl halides is 2. The molecule has 1 aromatic heterocycles. The standard InChI is InChI=1S/C33H42F2N8O8S/c1-32(2,3)25(36-31(47)51-21-7-5-6-8-21)29(45)42-17-19(43-39-27(38-41-43)18-9-11-20(50-4)12-10-18)15-24(42)28(44)37-33(16-23(33)26(34)35)30(46)40-52(48,49)22-13-14-22/h5-6,9-12,19,21-26H,7-8,13-17H2,1-4H3,(H,36,47)(H,37,44)(H,40,46)/t19-,23+,24?,25-,33-/m1/s1. The van der Waals surface area contributed by atoms with E-state index in [1.807, 2.05) is 16.9 Å². The summed E-state index contributed by atoms with van der Waals surface area (Å²) in [5.74, 6) is -3.69. The molecule has 0 bridgehead atoms. The number of hydrogen-bond acceptors (Lipinski definition) is 11. The molecule has 0 radical (unpaired) electrons. The molecule has 2 aromatic rings. The number of hydrogen-bond donors (Lipinski definition) is 3. The van der Waals surface area contributed by atoms with Crippen LogP contribution in [0.5, 0.6) is 5.75 Å². The molecule has 4 aliphatic rings. The predicted molar refractivity (Wildman–Crippen MR) is 179 cm³/mol. The zero-order valence-corrected chi connectivity index (χ0v) is 29.9. The molecule has 1 unspecified atom stereocenters. The summed E-state index contributed by atoms with van der Waals surface area (Å²) in [5.41, 5.74) is -2.50. The smallest absolute Gasteiger partial charge is 0.408 e. The molecule has 6 rings (SSSR count). The lowest BCUT2D eigenvalue weighted by molar-refractivity contribution is -0.143. The van der Waals surface area contributed by atoms with E-state index in [-0.39, 0.29) is 18.8 Å². The first-order valence-electron chi connectivity index (χ1n) is 17.0. The third kappa shape index (κ3) is 7.73. The number of nitrogens with one attached hydrogen (secondary N) is 3. The van der Waals surface area contributed by atoms with Crippen molar-refractivity contribution in [2.24, 2.45) is 11.3 Å². The van der Waals surface area contributed by atoms with Crippen molar-refractivity contribution in [1.82, 2.24) is 40.5 Å². The van der Waals surface area contributed by atoms with Gasteiger partial charge in [-0.2, -0.15) is 4.80 Å². The van der Waals surface area contributed by atoms with Gasteiger partial charge in [-0.3, -0.25) is 19.1 Å². The fourth-order valence-corrected chi connectivity index (χ4v) is 7.92. The quantitative estimate of drug-likeness (QED) is 0.268. The summed E-state index contributed by atoms with van der Waals surface area (Å²) in [6, 6.07) is 3.56. The van der Waals surface area contributed by atoms with Gasteiger partial charge in [-0.15, -0.1) is 10.2 Å². The van der Waals surface area contributed by atoms with Gasteiger partial charge in [0.2, 0.25) is 34.1 Å². The summed E-state index contributed by atoms with van der Waals surface area (Å²) < 4.78 is 65.8. The molecule has 5 atom stereocenters. The molecule has 52 heavy (non-hydrogen) atoms. The highest BCUT2D eigenvalue weighted by atomic mass is 32.2. The van der Waals surface area contributed by atoms with Crippen LogP contribution in [0.15, 0.2) is 36.4 Å². The lowest BCUT2D eigenvalue weighted by Gasteiger charge is -2.35. The van der Waals surface area contributed by atoms with E-state index in [1.165, 1.54) is 16.8 Å². The Morgan fingerprint density at radius 2 is 1.73 bits per heavy atom. The van der Waals surface area contributed by atoms with Crippen molar-refractivity contribution in [3.05, 3.63) is 36.4 Å². The Hall–Kier alpha value is -4.68. The summed E-state index contributed by atoms with van der Waals surface area (Å²) in [6.45, 7) is 4.99. The second kappa shape index (κ2) is 14.0. The summed E-state index contributed by atoms with van der Waals surface area (Å²) in [6.07, 6.45) is 0.564. The normalized spacial score (nSPS) is 25.1. The minimum atomic E-state index is -4.13. The number of likely N-dealkylation sites (tertiary alicyclic amines) is 1. The maximum Gasteiger partial charge on any atom is 0.408 e. The van der Waals surface area contributed by atoms with E-state index in [1.54, 1.807) is 45.0 Å². The molecule has 0 spiro atoms. The van der Waals surface area contributed by atoms with Gasteiger partial charge < -0.3 is 25.0 Å². The second-order valence-corrected chi connectivity index (χ2v) is 16.7. The Bertz CT molecular complexity index is 1840. The molecule has 4 amide bonds. The van der Waals surface area contributed by atoms with Crippen LogP contribution in [0.1, 0.15) is 65.3 Å². The predicted octanol–water partition coefficient (Wildman–Crippen LogP) is 2.10. The van der Waals surface area contributed by atoms with Crippen LogP contribution in [0, 0.1) is 11.3 Å². The Morgan fingerprint density at radius 3 is 2.31 bits per heavy atom. The highest BCUT2D eigenvalue weighted by molar-refractivity contribution is 7.91. The minimum Gasteiger partial charge on any atom is -0.497 e. The fourth-order valence-electron chi connectivity index (χ4n) is 6.55. The van der Waals surface area contributed by atoms with Crippen LogP contribution in [0.25, 0.3) is 11.4 Å². The van der Waals surface area contributed by atoms with Gasteiger partial charge in [0.1, 0.15) is 29.5 Å². The van der Waals surface area contributed by atoms with Crippen molar-refractivity contribution in [2.45, 2.75) is 101 Å². The van der Waals surface area contributed by atoms with E-state index in [0.717, 1.165) is 0 Å². The van der Waals surface area contributed by atoms with Gasteiger partial charge >= 0.3 is 6.09 Å². The van der Waals surface area contributed by atoms with E-state index >= 15 is 0 Å². The third-order valence-corrected chi connectivity index (χ3v) is 11.7. The average molecular weight is 749 g/mol. The average Bonchev–Trinajstić information content (AvgIpc) is 3.87. The van der Waals surface area contributed by atoms with Crippen LogP contribution < -0.4 is 20.1 Å². The van der Waals surface area contributed by atoms with E-state index in [4.69, 9.17) is 9.47 Å². The van der Waals surface area contributed by atoms with Crippen molar-refractivity contribution in [3.8, 4) is 17.1 Å². The summed E-state index contributed by atoms with van der Waals surface area (Å²) >= 11 is 0. The lowest BCUT2D eigenvalue weighted by atomic mass is 9.85. The van der Waals surface area contributed by atoms with Crippen molar-refractivity contribution in [1.29, 1.82) is 0 Å². The summed E-state index contributed by atoms with van der Waals surface area (Å²) in [7, 11) is -2.60. The largest absolute Gasteiger partial charge is 0.497 e. The second-order valence-electron chi connectivity index (χ2n) is 14.8. The maximum absolute atomic E-state index is 14.4. The number of alkyl carbamates (subject to hydrolysis) is 1. The fraction of sp³-hybridized carbons (Fsp3) is 0.606. The molecule has 3 fully saturated rings. The first-order valence-corrected chi connectivity index (χ1v) is 18.6. The number of ether oxygens (including phenoxy) is 2. The first kappa shape index (κ1) is 37.1. The Labute approximate surface area is 299 Å². The van der Waals surface area contributed by atoms with Crippen molar-refractivity contribution < 1.29 is 45.9 Å². The zero-order valence-electron chi connectivity index (χ0n) is 29.1. The number of nitrogens with zero attached hydrogens (tertiary/aromatic N) is 5. The van der Waals surface area contributed by atoms with Gasteiger partial charge in [0, 0.05) is 31.4 Å². The van der Waals surface area contributed by atoms with Crippen molar-refractivity contribution in [2.75, 3.05) is 13.7 Å². The van der Waals surface area contributed by atoms with Gasteiger partial charge in [-0.1, -0.05) is 32.9 Å². The van der Waals surface area contributed by atoms with E-state index < -0.39 is 93.0 Å². The number of methoxy groups -OCH3 is 1. The molecule has 1 aliphatic heterocycles. The van der Waals surface area contributed by atoms with E-state index in [2.05, 4.69) is 26.0 Å². The van der Waals surface area contributed by atoms with Crippen molar-refractivity contribution >= 4 is 33.8 Å². The molecular formula is C33H42F2N8O8S. The monoisotopic (exact) mass is 748 g/mol. The van der Waals surface area contributed by atoms with Crippen LogP contribution in [0.2, 0.25) is 0 Å². The van der Waals surface area contributed by atoms with Crippen LogP contribution >= 0.6 is 0 Å². The van der Waals surface area contributed by atoms with E-state index in [9.17, 15) is 36.4 Å². The highest BCUT2D eigenvalue weighted by Gasteiger charge is 2.67. The third-order valence-electron chi connectivity index (χ3n) is 9.85. The molecule has 3 N–H and O–H groups in total. The number of carbonyl (C=O) groups excluding carboxylic acids is 4. The zero-order chi connectivity index (χ0) is 37.6. The number of sulfonamides is 1. The molecule has 2 saturated carbocycles. The van der Waals surface area contributed by atoms with Crippen molar-refractivity contribution in [3.63, 3.8) is 0 Å². The number of amides is 4. The number of benzene rings is 1. The number of halogens is 2. The Balaban J connectivity index is 1.27. The number of aromatic nitrogens is 4. The minimum absolute atomic E-state index is 0.123. The van der Waals surface area contributed by atoms with Gasteiger partial charge in [-0.05, 0) is 54.2 Å². The maximum atomic E-state index is 14.4.